The Bertz CT molecular complexity index is 820. The molecule has 1 N–H and O–H groups in total. The Balaban J connectivity index is 1.50. The number of rotatable bonds is 5. The van der Waals surface area contributed by atoms with Gasteiger partial charge < -0.3 is 4.90 Å². The first-order valence-electron chi connectivity index (χ1n) is 9.90. The van der Waals surface area contributed by atoms with Crippen molar-refractivity contribution in [2.24, 2.45) is 5.92 Å². The highest BCUT2D eigenvalue weighted by Gasteiger charge is 2.47. The third-order valence-electron chi connectivity index (χ3n) is 5.81. The van der Waals surface area contributed by atoms with E-state index in [0.29, 0.717) is 17.9 Å². The molecule has 0 bridgehead atoms. The number of carbonyl (C=O) groups excluding carboxylic acids is 1. The molecule has 1 aliphatic heterocycles. The van der Waals surface area contributed by atoms with E-state index in [2.05, 4.69) is 71.3 Å². The highest BCUT2D eigenvalue weighted by molar-refractivity contribution is 7.96. The van der Waals surface area contributed by atoms with E-state index in [4.69, 9.17) is 0 Å². The molecule has 142 valence electrons. The van der Waals surface area contributed by atoms with Crippen LogP contribution in [0.25, 0.3) is 11.1 Å². The Morgan fingerprint density at radius 3 is 2.85 bits per heavy atom. The van der Waals surface area contributed by atoms with Crippen molar-refractivity contribution in [1.29, 1.82) is 0 Å². The van der Waals surface area contributed by atoms with Crippen LogP contribution in [0, 0.1) is 12.8 Å². The summed E-state index contributed by atoms with van der Waals surface area (Å²) in [5.41, 5.74) is 5.14. The zero-order valence-corrected chi connectivity index (χ0v) is 17.0. The summed E-state index contributed by atoms with van der Waals surface area (Å²) in [7, 11) is 0. The molecule has 4 heteroatoms. The molecule has 2 aromatic carbocycles. The number of piperidine rings is 1. The van der Waals surface area contributed by atoms with Gasteiger partial charge in [0.1, 0.15) is 0 Å². The van der Waals surface area contributed by atoms with Crippen molar-refractivity contribution in [3.05, 3.63) is 59.7 Å². The van der Waals surface area contributed by atoms with Crippen LogP contribution in [0.15, 0.2) is 48.5 Å². The van der Waals surface area contributed by atoms with E-state index < -0.39 is 0 Å². The Hall–Kier alpha value is -1.78. The quantitative estimate of drug-likeness (QED) is 0.768. The van der Waals surface area contributed by atoms with Crippen LogP contribution in [0.3, 0.4) is 0 Å². The maximum atomic E-state index is 13.1. The first-order chi connectivity index (χ1) is 13.2. The second-order valence-electron chi connectivity index (χ2n) is 7.85. The van der Waals surface area contributed by atoms with Crippen molar-refractivity contribution >= 4 is 17.9 Å². The van der Waals surface area contributed by atoms with Gasteiger partial charge in [-0.3, -0.25) is 9.52 Å². The summed E-state index contributed by atoms with van der Waals surface area (Å²) in [5.74, 6) is 0.874. The third kappa shape index (κ3) is 4.07. The first-order valence-corrected chi connectivity index (χ1v) is 11.1. The highest BCUT2D eigenvalue weighted by atomic mass is 32.2. The lowest BCUT2D eigenvalue weighted by molar-refractivity contribution is -0.133. The van der Waals surface area contributed by atoms with Crippen LogP contribution >= 0.6 is 11.9 Å². The van der Waals surface area contributed by atoms with E-state index >= 15 is 0 Å². The van der Waals surface area contributed by atoms with Gasteiger partial charge in [0.15, 0.2) is 0 Å². The molecule has 3 nitrogen and oxygen atoms in total. The fourth-order valence-corrected chi connectivity index (χ4v) is 4.91. The minimum atomic E-state index is 0.156. The zero-order valence-electron chi connectivity index (χ0n) is 16.2. The standard InChI is InChI=1S/C23H28N2OS/c1-16-7-5-8-17(13-16)19-10-3-4-11-20(19)21-14-22(21)23(26)25-12-6-9-18(15-25)24-27-2/h3-5,7-8,10-11,13,18,21-22,24H,6,9,12,14-15H2,1-2H3. The molecule has 0 radical (unpaired) electrons. The number of amides is 1. The molecule has 4 rings (SSSR count). The first kappa shape index (κ1) is 18.6. The molecule has 1 saturated heterocycles. The monoisotopic (exact) mass is 380 g/mol. The van der Waals surface area contributed by atoms with E-state index in [1.807, 2.05) is 0 Å². The van der Waals surface area contributed by atoms with Gasteiger partial charge >= 0.3 is 0 Å². The molecule has 27 heavy (non-hydrogen) atoms. The van der Waals surface area contributed by atoms with Gasteiger partial charge in [0.2, 0.25) is 5.91 Å². The molecule has 2 fully saturated rings. The topological polar surface area (TPSA) is 32.3 Å². The van der Waals surface area contributed by atoms with E-state index in [0.717, 1.165) is 32.4 Å². The third-order valence-corrected chi connectivity index (χ3v) is 6.38. The average Bonchev–Trinajstić information content (AvgIpc) is 3.49. The second-order valence-corrected chi connectivity index (χ2v) is 8.49. The van der Waals surface area contributed by atoms with Gasteiger partial charge in [0.05, 0.1) is 0 Å². The summed E-state index contributed by atoms with van der Waals surface area (Å²) in [6.07, 6.45) is 5.30. The molecule has 1 amide bonds. The molecule has 0 spiro atoms. The Labute approximate surface area is 166 Å². The Morgan fingerprint density at radius 1 is 1.19 bits per heavy atom. The van der Waals surface area contributed by atoms with Gasteiger partial charge in [-0.1, -0.05) is 66.0 Å². The maximum absolute atomic E-state index is 13.1. The van der Waals surface area contributed by atoms with Gasteiger partial charge in [-0.15, -0.1) is 0 Å². The van der Waals surface area contributed by atoms with Crippen molar-refractivity contribution < 1.29 is 4.79 Å². The number of benzene rings is 2. The van der Waals surface area contributed by atoms with Gasteiger partial charge in [-0.05, 0) is 55.1 Å². The number of hydrogen-bond acceptors (Lipinski definition) is 3. The number of nitrogens with zero attached hydrogens (tertiary/aromatic N) is 1. The minimum Gasteiger partial charge on any atom is -0.341 e. The molecule has 1 saturated carbocycles. The maximum Gasteiger partial charge on any atom is 0.226 e. The van der Waals surface area contributed by atoms with E-state index in [9.17, 15) is 4.79 Å². The predicted molar refractivity (Wildman–Crippen MR) is 114 cm³/mol. The molecule has 3 unspecified atom stereocenters. The molecule has 1 aliphatic carbocycles. The number of aryl methyl sites for hydroxylation is 1. The van der Waals surface area contributed by atoms with Crippen LogP contribution in [0.2, 0.25) is 0 Å². The summed E-state index contributed by atoms with van der Waals surface area (Å²) in [6, 6.07) is 17.7. The summed E-state index contributed by atoms with van der Waals surface area (Å²) in [4.78, 5) is 15.2. The van der Waals surface area contributed by atoms with Crippen LogP contribution in [0.5, 0.6) is 0 Å². The van der Waals surface area contributed by atoms with Gasteiger partial charge in [0.25, 0.3) is 0 Å². The zero-order chi connectivity index (χ0) is 18.8. The summed E-state index contributed by atoms with van der Waals surface area (Å²) in [5, 5.41) is 0. The van der Waals surface area contributed by atoms with E-state index in [1.54, 1.807) is 11.9 Å². The average molecular weight is 381 g/mol. The molecular formula is C23H28N2OS. The number of likely N-dealkylation sites (tertiary alicyclic amines) is 1. The van der Waals surface area contributed by atoms with E-state index in [-0.39, 0.29) is 5.92 Å². The molecule has 3 atom stereocenters. The number of nitrogens with one attached hydrogen (secondary N) is 1. The van der Waals surface area contributed by atoms with Crippen LogP contribution < -0.4 is 4.72 Å². The van der Waals surface area contributed by atoms with Crippen molar-refractivity contribution in [3.8, 4) is 11.1 Å². The van der Waals surface area contributed by atoms with Crippen LogP contribution in [0.4, 0.5) is 0 Å². The summed E-state index contributed by atoms with van der Waals surface area (Å²) < 4.78 is 3.43. The largest absolute Gasteiger partial charge is 0.341 e. The van der Waals surface area contributed by atoms with Crippen LogP contribution in [-0.2, 0) is 4.79 Å². The Kier molecular flexibility index (Phi) is 5.55. The molecule has 2 aliphatic rings. The molecular weight excluding hydrogens is 352 g/mol. The number of hydrogen-bond donors (Lipinski definition) is 1. The fourth-order valence-electron chi connectivity index (χ4n) is 4.38. The minimum absolute atomic E-state index is 0.156. The lowest BCUT2D eigenvalue weighted by atomic mass is 9.95. The molecule has 1 heterocycles. The lowest BCUT2D eigenvalue weighted by Gasteiger charge is -2.33. The van der Waals surface area contributed by atoms with Crippen molar-refractivity contribution in [2.45, 2.75) is 38.1 Å². The SMILES string of the molecule is CSNC1CCCN(C(=O)C2CC2c2ccccc2-c2cccc(C)c2)C1. The lowest BCUT2D eigenvalue weighted by Crippen LogP contribution is -2.46. The predicted octanol–water partition coefficient (Wildman–Crippen LogP) is 4.62. The van der Waals surface area contributed by atoms with Gasteiger partial charge in [0, 0.05) is 25.0 Å². The highest BCUT2D eigenvalue weighted by Crippen LogP contribution is 2.51. The summed E-state index contributed by atoms with van der Waals surface area (Å²) in [6.45, 7) is 3.89. The van der Waals surface area contributed by atoms with Crippen molar-refractivity contribution in [2.75, 3.05) is 19.3 Å². The van der Waals surface area contributed by atoms with Crippen molar-refractivity contribution in [1.82, 2.24) is 9.62 Å². The molecule has 2 aromatic rings. The van der Waals surface area contributed by atoms with E-state index in [1.165, 1.54) is 22.3 Å². The van der Waals surface area contributed by atoms with Gasteiger partial charge in [-0.25, -0.2) is 0 Å². The smallest absolute Gasteiger partial charge is 0.226 e. The molecule has 0 aromatic heterocycles. The van der Waals surface area contributed by atoms with Gasteiger partial charge in [-0.2, -0.15) is 0 Å². The second kappa shape index (κ2) is 8.07. The van der Waals surface area contributed by atoms with Crippen LogP contribution in [0.1, 0.15) is 36.3 Å². The Morgan fingerprint density at radius 2 is 2.04 bits per heavy atom. The summed E-state index contributed by atoms with van der Waals surface area (Å²) >= 11 is 1.66. The fraction of sp³-hybridized carbons (Fsp3) is 0.435. The normalized spacial score (nSPS) is 24.7. The van der Waals surface area contributed by atoms with Crippen molar-refractivity contribution in [3.63, 3.8) is 0 Å². The van der Waals surface area contributed by atoms with Crippen LogP contribution in [-0.4, -0.2) is 36.2 Å². The number of carbonyl (C=O) groups is 1.